The quantitative estimate of drug-likeness (QED) is 0.560. The lowest BCUT2D eigenvalue weighted by molar-refractivity contribution is -0.254. The monoisotopic (exact) mass is 213 g/mol. The SMILES string of the molecule is Nc1ccc2c(c1)Oc1cc([NH3+])ccc1C2. The highest BCUT2D eigenvalue weighted by molar-refractivity contribution is 5.57. The minimum absolute atomic E-state index is 0.730. The van der Waals surface area contributed by atoms with Crippen LogP contribution in [-0.2, 0) is 6.42 Å². The molecule has 0 atom stereocenters. The van der Waals surface area contributed by atoms with Crippen molar-refractivity contribution in [3.63, 3.8) is 0 Å². The van der Waals surface area contributed by atoms with E-state index in [9.17, 15) is 0 Å². The normalized spacial score (nSPS) is 12.6. The van der Waals surface area contributed by atoms with E-state index in [1.54, 1.807) is 0 Å². The molecule has 5 N–H and O–H groups in total. The zero-order valence-electron chi connectivity index (χ0n) is 8.86. The van der Waals surface area contributed by atoms with Gasteiger partial charge in [0, 0.05) is 24.2 Å². The molecular weight excluding hydrogens is 200 g/mol. The maximum atomic E-state index is 5.82. The van der Waals surface area contributed by atoms with Gasteiger partial charge in [0.25, 0.3) is 0 Å². The van der Waals surface area contributed by atoms with Gasteiger partial charge in [0.05, 0.1) is 0 Å². The van der Waals surface area contributed by atoms with Crippen molar-refractivity contribution in [2.45, 2.75) is 6.42 Å². The number of rotatable bonds is 0. The van der Waals surface area contributed by atoms with E-state index in [1.807, 2.05) is 30.3 Å². The summed E-state index contributed by atoms with van der Waals surface area (Å²) in [6.07, 6.45) is 0.894. The van der Waals surface area contributed by atoms with Crippen molar-refractivity contribution in [2.24, 2.45) is 0 Å². The molecule has 3 heteroatoms. The summed E-state index contributed by atoms with van der Waals surface area (Å²) in [5, 5.41) is 0. The van der Waals surface area contributed by atoms with Crippen molar-refractivity contribution in [1.82, 2.24) is 0 Å². The second kappa shape index (κ2) is 3.25. The maximum Gasteiger partial charge on any atom is 0.136 e. The first-order valence-electron chi connectivity index (χ1n) is 5.23. The third-order valence-corrected chi connectivity index (χ3v) is 2.82. The fourth-order valence-electron chi connectivity index (χ4n) is 1.98. The smallest absolute Gasteiger partial charge is 0.136 e. The van der Waals surface area contributed by atoms with Gasteiger partial charge in [0.2, 0.25) is 0 Å². The number of nitrogens with two attached hydrogens (primary N) is 1. The van der Waals surface area contributed by atoms with E-state index in [1.165, 1.54) is 11.1 Å². The number of hydrogen-bond acceptors (Lipinski definition) is 2. The van der Waals surface area contributed by atoms with Crippen LogP contribution < -0.4 is 16.2 Å². The molecular formula is C13H13N2O+. The molecule has 3 rings (SSSR count). The van der Waals surface area contributed by atoms with Crippen molar-refractivity contribution in [3.8, 4) is 11.5 Å². The number of quaternary nitrogens is 1. The van der Waals surface area contributed by atoms with Gasteiger partial charge >= 0.3 is 0 Å². The van der Waals surface area contributed by atoms with E-state index in [-0.39, 0.29) is 0 Å². The first kappa shape index (κ1) is 9.24. The van der Waals surface area contributed by atoms with Crippen LogP contribution in [-0.4, -0.2) is 0 Å². The Labute approximate surface area is 93.6 Å². The summed E-state index contributed by atoms with van der Waals surface area (Å²) < 4.78 is 5.82. The Bertz CT molecular complexity index is 514. The van der Waals surface area contributed by atoms with Crippen LogP contribution in [0.15, 0.2) is 36.4 Å². The Kier molecular flexibility index (Phi) is 1.88. The molecule has 0 aliphatic carbocycles. The predicted octanol–water partition coefficient (Wildman–Crippen LogP) is 1.84. The van der Waals surface area contributed by atoms with Crippen LogP contribution >= 0.6 is 0 Å². The Balaban J connectivity index is 2.10. The minimum Gasteiger partial charge on any atom is -0.456 e. The summed E-state index contributed by atoms with van der Waals surface area (Å²) in [6, 6.07) is 11.8. The summed E-state index contributed by atoms with van der Waals surface area (Å²) in [4.78, 5) is 0. The van der Waals surface area contributed by atoms with Crippen LogP contribution in [0.3, 0.4) is 0 Å². The number of fused-ring (bicyclic) bond motifs is 2. The van der Waals surface area contributed by atoms with Crippen LogP contribution in [0, 0.1) is 0 Å². The molecule has 0 spiro atoms. The molecule has 1 aliphatic rings. The molecule has 0 saturated heterocycles. The van der Waals surface area contributed by atoms with E-state index in [0.717, 1.165) is 29.3 Å². The van der Waals surface area contributed by atoms with E-state index >= 15 is 0 Å². The van der Waals surface area contributed by atoms with Crippen molar-refractivity contribution in [1.29, 1.82) is 0 Å². The molecule has 0 saturated carbocycles. The average molecular weight is 213 g/mol. The highest BCUT2D eigenvalue weighted by Crippen LogP contribution is 2.37. The summed E-state index contributed by atoms with van der Waals surface area (Å²) in [5.74, 6) is 1.75. The Morgan fingerprint density at radius 2 is 1.69 bits per heavy atom. The van der Waals surface area contributed by atoms with Gasteiger partial charge in [-0.15, -0.1) is 0 Å². The molecule has 3 nitrogen and oxygen atoms in total. The van der Waals surface area contributed by atoms with Crippen LogP contribution in [0.4, 0.5) is 11.4 Å². The van der Waals surface area contributed by atoms with Gasteiger partial charge in [-0.25, -0.2) is 0 Å². The average Bonchev–Trinajstić information content (AvgIpc) is 2.26. The lowest BCUT2D eigenvalue weighted by atomic mass is 10.00. The number of anilines is 1. The summed E-state index contributed by atoms with van der Waals surface area (Å²) in [7, 11) is 0. The van der Waals surface area contributed by atoms with Gasteiger partial charge < -0.3 is 16.2 Å². The Morgan fingerprint density at radius 1 is 1.00 bits per heavy atom. The molecule has 80 valence electrons. The number of benzene rings is 2. The van der Waals surface area contributed by atoms with E-state index in [2.05, 4.69) is 11.8 Å². The molecule has 0 unspecified atom stereocenters. The van der Waals surface area contributed by atoms with Crippen LogP contribution in [0.1, 0.15) is 11.1 Å². The Hall–Kier alpha value is -2.00. The largest absolute Gasteiger partial charge is 0.456 e. The molecule has 0 amide bonds. The molecule has 1 aliphatic heterocycles. The summed E-state index contributed by atoms with van der Waals surface area (Å²) >= 11 is 0. The molecule has 0 bridgehead atoms. The second-order valence-electron chi connectivity index (χ2n) is 4.09. The maximum absolute atomic E-state index is 5.82. The second-order valence-corrected chi connectivity index (χ2v) is 4.09. The third-order valence-electron chi connectivity index (χ3n) is 2.82. The number of nitrogen functional groups attached to an aromatic ring is 1. The van der Waals surface area contributed by atoms with Gasteiger partial charge in [0.15, 0.2) is 0 Å². The van der Waals surface area contributed by atoms with Gasteiger partial charge in [-0.05, 0) is 29.3 Å². The van der Waals surface area contributed by atoms with Crippen LogP contribution in [0.5, 0.6) is 11.5 Å². The van der Waals surface area contributed by atoms with Gasteiger partial charge in [0.1, 0.15) is 17.2 Å². The zero-order chi connectivity index (χ0) is 11.1. The summed E-state index contributed by atoms with van der Waals surface area (Å²) in [6.45, 7) is 0. The van der Waals surface area contributed by atoms with Crippen LogP contribution in [0.25, 0.3) is 0 Å². The molecule has 0 radical (unpaired) electrons. The predicted molar refractivity (Wildman–Crippen MR) is 62.7 cm³/mol. The fourth-order valence-corrected chi connectivity index (χ4v) is 1.98. The molecule has 16 heavy (non-hydrogen) atoms. The lowest BCUT2D eigenvalue weighted by Gasteiger charge is -2.20. The standard InChI is InChI=1S/C13H12N2O/c14-10-3-1-8-5-9-2-4-11(15)7-13(9)16-12(8)6-10/h1-4,6-7H,5,14-15H2/p+1. The highest BCUT2D eigenvalue weighted by atomic mass is 16.5. The van der Waals surface area contributed by atoms with E-state index in [4.69, 9.17) is 10.5 Å². The van der Waals surface area contributed by atoms with E-state index in [0.29, 0.717) is 0 Å². The van der Waals surface area contributed by atoms with Crippen molar-refractivity contribution in [3.05, 3.63) is 47.5 Å². The third kappa shape index (κ3) is 1.42. The lowest BCUT2D eigenvalue weighted by Crippen LogP contribution is -2.40. The Morgan fingerprint density at radius 3 is 2.50 bits per heavy atom. The van der Waals surface area contributed by atoms with E-state index < -0.39 is 0 Å². The minimum atomic E-state index is 0.730. The molecule has 0 fully saturated rings. The van der Waals surface area contributed by atoms with Gasteiger partial charge in [-0.1, -0.05) is 6.07 Å². The first-order valence-corrected chi connectivity index (χ1v) is 5.23. The van der Waals surface area contributed by atoms with Gasteiger partial charge in [-0.2, -0.15) is 0 Å². The fraction of sp³-hybridized carbons (Fsp3) is 0.0769. The van der Waals surface area contributed by atoms with Gasteiger partial charge in [-0.3, -0.25) is 0 Å². The molecule has 0 aromatic heterocycles. The molecule has 1 heterocycles. The topological polar surface area (TPSA) is 62.9 Å². The zero-order valence-corrected chi connectivity index (χ0v) is 8.86. The van der Waals surface area contributed by atoms with Crippen LogP contribution in [0.2, 0.25) is 0 Å². The van der Waals surface area contributed by atoms with Crippen molar-refractivity contribution < 1.29 is 10.5 Å². The summed E-state index contributed by atoms with van der Waals surface area (Å²) in [5.41, 5.74) is 13.7. The number of ether oxygens (including phenoxy) is 1. The van der Waals surface area contributed by atoms with Crippen molar-refractivity contribution in [2.75, 3.05) is 5.73 Å². The first-order chi connectivity index (χ1) is 7.72. The highest BCUT2D eigenvalue weighted by Gasteiger charge is 2.17. The molecule has 2 aromatic carbocycles. The van der Waals surface area contributed by atoms with Crippen molar-refractivity contribution >= 4 is 11.4 Å². The number of hydrogen-bond donors (Lipinski definition) is 2. The molecule has 2 aromatic rings.